The first-order chi connectivity index (χ1) is 12.3. The average Bonchev–Trinajstić information content (AvgIpc) is 2.83. The molecule has 0 unspecified atom stereocenters. The molecule has 1 heteroatoms. The summed E-state index contributed by atoms with van der Waals surface area (Å²) in [6.07, 6.45) is 2.14. The first-order valence-electron chi connectivity index (χ1n) is 9.57. The molecule has 0 N–H and O–H groups in total. The molecule has 1 nitrogen and oxygen atoms in total. The summed E-state index contributed by atoms with van der Waals surface area (Å²) in [4.78, 5) is 0. The lowest BCUT2D eigenvalue weighted by molar-refractivity contribution is -0.660. The van der Waals surface area contributed by atoms with Gasteiger partial charge in [-0.1, -0.05) is 58.0 Å². The number of benzene rings is 2. The third kappa shape index (κ3) is 2.26. The zero-order valence-corrected chi connectivity index (χ0v) is 16.7. The predicted molar refractivity (Wildman–Crippen MR) is 109 cm³/mol. The van der Waals surface area contributed by atoms with E-state index in [9.17, 15) is 0 Å². The van der Waals surface area contributed by atoms with Gasteiger partial charge in [-0.25, -0.2) is 4.57 Å². The lowest BCUT2D eigenvalue weighted by Gasteiger charge is -2.22. The van der Waals surface area contributed by atoms with Crippen LogP contribution >= 0.6 is 0 Å². The summed E-state index contributed by atoms with van der Waals surface area (Å²) >= 11 is 0. The molecule has 0 spiro atoms. The summed E-state index contributed by atoms with van der Waals surface area (Å²) in [5.74, 6) is 0.504. The number of hydrogen-bond donors (Lipinski definition) is 0. The molecule has 1 heterocycles. The van der Waals surface area contributed by atoms with Crippen LogP contribution in [0.3, 0.4) is 0 Å². The minimum absolute atomic E-state index is 0.0331. The highest BCUT2D eigenvalue weighted by Gasteiger charge is 2.39. The Morgan fingerprint density at radius 3 is 2.23 bits per heavy atom. The lowest BCUT2D eigenvalue weighted by Crippen LogP contribution is -2.30. The van der Waals surface area contributed by atoms with Crippen LogP contribution in [0.2, 0.25) is 0 Å². The summed E-state index contributed by atoms with van der Waals surface area (Å²) in [5.41, 5.74) is 11.3. The van der Waals surface area contributed by atoms with Gasteiger partial charge in [-0.05, 0) is 46.7 Å². The van der Waals surface area contributed by atoms with Gasteiger partial charge in [0.15, 0.2) is 6.20 Å². The second kappa shape index (κ2) is 5.81. The molecule has 0 radical (unpaired) electrons. The number of hydrogen-bond acceptors (Lipinski definition) is 0. The van der Waals surface area contributed by atoms with Crippen molar-refractivity contribution in [3.63, 3.8) is 0 Å². The fourth-order valence-corrected chi connectivity index (χ4v) is 4.60. The van der Waals surface area contributed by atoms with Gasteiger partial charge in [0.25, 0.3) is 0 Å². The average molecular weight is 343 g/mol. The summed E-state index contributed by atoms with van der Waals surface area (Å²) < 4.78 is 2.24. The number of fused-ring (bicyclic) bond motifs is 3. The molecule has 0 aliphatic heterocycles. The molecule has 4 rings (SSSR count). The van der Waals surface area contributed by atoms with E-state index in [0.717, 1.165) is 0 Å². The van der Waals surface area contributed by atoms with Crippen molar-refractivity contribution in [1.29, 1.82) is 0 Å². The highest BCUT2D eigenvalue weighted by Crippen LogP contribution is 2.54. The molecular formula is C25H28N+. The minimum Gasteiger partial charge on any atom is -0.201 e. The maximum absolute atomic E-state index is 2.37. The molecule has 132 valence electrons. The number of pyridine rings is 1. The van der Waals surface area contributed by atoms with E-state index in [2.05, 4.69) is 101 Å². The molecule has 1 aliphatic rings. The van der Waals surface area contributed by atoms with Crippen molar-refractivity contribution in [1.82, 2.24) is 0 Å². The number of aryl methyl sites for hydroxylation is 2. The molecule has 0 amide bonds. The quantitative estimate of drug-likeness (QED) is 0.509. The Kier molecular flexibility index (Phi) is 3.80. The highest BCUT2D eigenvalue weighted by atomic mass is 14.9. The summed E-state index contributed by atoms with van der Waals surface area (Å²) in [5, 5.41) is 0. The molecule has 2 aromatic carbocycles. The van der Waals surface area contributed by atoms with Crippen molar-refractivity contribution >= 4 is 0 Å². The molecule has 1 aliphatic carbocycles. The van der Waals surface area contributed by atoms with Gasteiger partial charge in [0.05, 0.1) is 5.56 Å². The fourth-order valence-electron chi connectivity index (χ4n) is 4.60. The monoisotopic (exact) mass is 342 g/mol. The van der Waals surface area contributed by atoms with Crippen LogP contribution in [0.15, 0.2) is 54.7 Å². The van der Waals surface area contributed by atoms with E-state index in [1.807, 2.05) is 0 Å². The molecule has 26 heavy (non-hydrogen) atoms. The zero-order valence-electron chi connectivity index (χ0n) is 16.7. The molecule has 0 atom stereocenters. The van der Waals surface area contributed by atoms with Crippen LogP contribution in [0.5, 0.6) is 0 Å². The van der Waals surface area contributed by atoms with Gasteiger partial charge in [0.2, 0.25) is 5.69 Å². The van der Waals surface area contributed by atoms with Gasteiger partial charge in [0, 0.05) is 23.1 Å². The maximum atomic E-state index is 2.37. The Morgan fingerprint density at radius 2 is 1.54 bits per heavy atom. The van der Waals surface area contributed by atoms with Gasteiger partial charge >= 0.3 is 0 Å². The third-order valence-corrected chi connectivity index (χ3v) is 6.04. The van der Waals surface area contributed by atoms with E-state index in [4.69, 9.17) is 0 Å². The van der Waals surface area contributed by atoms with Crippen molar-refractivity contribution < 1.29 is 4.57 Å². The van der Waals surface area contributed by atoms with Crippen LogP contribution in [-0.4, -0.2) is 0 Å². The van der Waals surface area contributed by atoms with Crippen LogP contribution in [0.4, 0.5) is 0 Å². The standard InChI is InChI=1S/C25H28N/c1-16(2)18-10-9-11-19-23(18)24-20(25(19,4)5)14-13-17(3)22(24)21-12-7-8-15-26(21)6/h7-16H,1-6H3/q+1. The SMILES string of the molecule is Cc1ccc2c(c1-c1cccc[n+]1C)-c1c(C(C)C)cccc1C2(C)C. The van der Waals surface area contributed by atoms with Crippen molar-refractivity contribution in [2.45, 2.75) is 46.0 Å². The van der Waals surface area contributed by atoms with E-state index < -0.39 is 0 Å². The van der Waals surface area contributed by atoms with E-state index in [1.165, 1.54) is 44.6 Å². The van der Waals surface area contributed by atoms with Gasteiger partial charge in [-0.2, -0.15) is 0 Å². The van der Waals surface area contributed by atoms with Crippen molar-refractivity contribution in [2.24, 2.45) is 7.05 Å². The van der Waals surface area contributed by atoms with E-state index in [1.54, 1.807) is 0 Å². The largest absolute Gasteiger partial charge is 0.213 e. The maximum Gasteiger partial charge on any atom is 0.213 e. The molecule has 1 aromatic heterocycles. The van der Waals surface area contributed by atoms with E-state index in [0.29, 0.717) is 5.92 Å². The zero-order chi connectivity index (χ0) is 18.6. The van der Waals surface area contributed by atoms with Crippen molar-refractivity contribution in [2.75, 3.05) is 0 Å². The second-order valence-corrected chi connectivity index (χ2v) is 8.43. The Morgan fingerprint density at radius 1 is 0.808 bits per heavy atom. The second-order valence-electron chi connectivity index (χ2n) is 8.43. The van der Waals surface area contributed by atoms with Crippen LogP contribution in [0.1, 0.15) is 55.9 Å². The number of aromatic nitrogens is 1. The summed E-state index contributed by atoms with van der Waals surface area (Å²) in [6.45, 7) is 11.6. The first-order valence-corrected chi connectivity index (χ1v) is 9.57. The van der Waals surface area contributed by atoms with Crippen molar-refractivity contribution in [3.8, 4) is 22.4 Å². The fraction of sp³-hybridized carbons (Fsp3) is 0.320. The van der Waals surface area contributed by atoms with Crippen LogP contribution in [0.25, 0.3) is 22.4 Å². The molecular weight excluding hydrogens is 314 g/mol. The third-order valence-electron chi connectivity index (χ3n) is 6.04. The van der Waals surface area contributed by atoms with Gasteiger partial charge in [-0.3, -0.25) is 0 Å². The Labute approximate surface area is 157 Å². The molecule has 0 bridgehead atoms. The normalized spacial score (nSPS) is 14.4. The Balaban J connectivity index is 2.17. The lowest BCUT2D eigenvalue weighted by atomic mass is 9.81. The summed E-state index contributed by atoms with van der Waals surface area (Å²) in [6, 6.07) is 18.0. The molecule has 0 saturated carbocycles. The number of rotatable bonds is 2. The van der Waals surface area contributed by atoms with Crippen LogP contribution in [0, 0.1) is 6.92 Å². The summed E-state index contributed by atoms with van der Waals surface area (Å²) in [7, 11) is 2.14. The van der Waals surface area contributed by atoms with Gasteiger partial charge in [0.1, 0.15) is 7.05 Å². The van der Waals surface area contributed by atoms with Crippen LogP contribution in [-0.2, 0) is 12.5 Å². The smallest absolute Gasteiger partial charge is 0.201 e. The predicted octanol–water partition coefficient (Wildman–Crippen LogP) is 5.92. The minimum atomic E-state index is 0.0331. The van der Waals surface area contributed by atoms with Crippen LogP contribution < -0.4 is 4.57 Å². The van der Waals surface area contributed by atoms with Crippen molar-refractivity contribution in [3.05, 3.63) is 77.0 Å². The Hall–Kier alpha value is -2.41. The highest BCUT2D eigenvalue weighted by molar-refractivity contribution is 5.94. The molecule has 3 aromatic rings. The van der Waals surface area contributed by atoms with Gasteiger partial charge < -0.3 is 0 Å². The first kappa shape index (κ1) is 17.0. The van der Waals surface area contributed by atoms with Gasteiger partial charge in [-0.15, -0.1) is 0 Å². The van der Waals surface area contributed by atoms with E-state index in [-0.39, 0.29) is 5.41 Å². The Bertz CT molecular complexity index is 1010. The molecule has 0 saturated heterocycles. The topological polar surface area (TPSA) is 3.88 Å². The molecule has 0 fully saturated rings. The number of nitrogens with zero attached hydrogens (tertiary/aromatic N) is 1. The van der Waals surface area contributed by atoms with E-state index >= 15 is 0 Å².